The number of aryl methyl sites for hydroxylation is 2. The summed E-state index contributed by atoms with van der Waals surface area (Å²) in [7, 11) is -4.94. The van der Waals surface area contributed by atoms with Gasteiger partial charge in [-0.05, 0) is 117 Å². The highest BCUT2D eigenvalue weighted by molar-refractivity contribution is 7.90. The van der Waals surface area contributed by atoms with Crippen LogP contribution in [0.1, 0.15) is 43.8 Å². The minimum atomic E-state index is -4.02. The molecule has 4 aromatic carbocycles. The molecule has 0 aliphatic carbocycles. The molecule has 17 nitrogen and oxygen atoms in total. The van der Waals surface area contributed by atoms with Gasteiger partial charge < -0.3 is 33.0 Å². The van der Waals surface area contributed by atoms with Crippen LogP contribution in [-0.4, -0.2) is 47.9 Å². The van der Waals surface area contributed by atoms with Gasteiger partial charge in [-0.3, -0.25) is 14.6 Å². The summed E-state index contributed by atoms with van der Waals surface area (Å²) in [5.41, 5.74) is 4.11. The molecule has 8 aromatic rings. The normalized spacial score (nSPS) is 11.1. The zero-order chi connectivity index (χ0) is 49.1. The third kappa shape index (κ3) is 12.3. The van der Waals surface area contributed by atoms with Crippen LogP contribution in [0.5, 0.6) is 23.0 Å². The average Bonchev–Trinajstić information content (AvgIpc) is 3.94. The number of hydrogen-bond acceptors (Lipinski definition) is 14. The molecule has 2 amide bonds. The van der Waals surface area contributed by atoms with Gasteiger partial charge in [0, 0.05) is 28.3 Å². The van der Waals surface area contributed by atoms with Crippen molar-refractivity contribution in [2.75, 3.05) is 14.2 Å². The molecule has 0 atom stereocenters. The first kappa shape index (κ1) is 48.5. The van der Waals surface area contributed by atoms with Crippen molar-refractivity contribution in [3.63, 3.8) is 0 Å². The van der Waals surface area contributed by atoms with E-state index in [0.717, 1.165) is 16.0 Å². The minimum absolute atomic E-state index is 0.0107. The molecule has 0 aliphatic heterocycles. The van der Waals surface area contributed by atoms with E-state index in [1.165, 1.54) is 49.7 Å². The molecule has 0 saturated heterocycles. The van der Waals surface area contributed by atoms with Crippen LogP contribution in [0, 0.1) is 19.1 Å². The molecule has 4 heterocycles. The van der Waals surface area contributed by atoms with E-state index in [2.05, 4.69) is 4.98 Å². The Morgan fingerprint density at radius 1 is 0.580 bits per heavy atom. The average molecular weight is 973 g/mol. The number of hydrogen-bond donors (Lipinski definition) is 2. The van der Waals surface area contributed by atoms with Crippen LogP contribution < -0.4 is 33.1 Å². The van der Waals surface area contributed by atoms with Gasteiger partial charge in [0.05, 0.1) is 35.9 Å². The minimum Gasteiger partial charge on any atom is -0.618 e. The number of ether oxygens (including phenoxy) is 4. The number of carbonyl (C=O) groups is 2. The van der Waals surface area contributed by atoms with Gasteiger partial charge in [0.1, 0.15) is 42.0 Å². The highest BCUT2D eigenvalue weighted by Crippen LogP contribution is 2.26. The van der Waals surface area contributed by atoms with Gasteiger partial charge in [-0.25, -0.2) is 26.3 Å². The first-order valence-corrected chi connectivity index (χ1v) is 23.8. The zero-order valence-electron chi connectivity index (χ0n) is 37.4. The molecule has 4 aromatic heterocycles. The number of nitrogens with zero attached hydrogens (tertiary/aromatic N) is 2. The van der Waals surface area contributed by atoms with E-state index in [1.54, 1.807) is 100.0 Å². The van der Waals surface area contributed by atoms with Crippen molar-refractivity contribution in [1.29, 1.82) is 0 Å². The first-order valence-electron chi connectivity index (χ1n) is 20.8. The van der Waals surface area contributed by atoms with Gasteiger partial charge in [0.15, 0.2) is 17.3 Å². The maximum absolute atomic E-state index is 12.5. The van der Waals surface area contributed by atoms with Crippen molar-refractivity contribution in [3.8, 4) is 45.5 Å². The van der Waals surface area contributed by atoms with Crippen LogP contribution in [0.2, 0.25) is 0 Å². The summed E-state index contributed by atoms with van der Waals surface area (Å²) in [5.74, 6) is 1.21. The Morgan fingerprint density at radius 2 is 1.01 bits per heavy atom. The molecule has 354 valence electrons. The largest absolute Gasteiger partial charge is 0.618 e. The van der Waals surface area contributed by atoms with Crippen LogP contribution in [0.3, 0.4) is 0 Å². The molecule has 0 spiro atoms. The van der Waals surface area contributed by atoms with E-state index in [0.29, 0.717) is 56.9 Å². The van der Waals surface area contributed by atoms with E-state index >= 15 is 0 Å². The zero-order valence-corrected chi connectivity index (χ0v) is 39.1. The number of amides is 2. The molecular formula is C50H44N4O13S2. The molecule has 0 saturated carbocycles. The van der Waals surface area contributed by atoms with Gasteiger partial charge in [-0.1, -0.05) is 36.4 Å². The van der Waals surface area contributed by atoms with Gasteiger partial charge >= 0.3 is 11.8 Å². The van der Waals surface area contributed by atoms with Crippen molar-refractivity contribution in [2.24, 2.45) is 0 Å². The van der Waals surface area contributed by atoms with Gasteiger partial charge in [-0.2, -0.15) is 4.73 Å². The lowest BCUT2D eigenvalue weighted by Crippen LogP contribution is -2.30. The number of aromatic nitrogens is 2. The van der Waals surface area contributed by atoms with E-state index in [-0.39, 0.29) is 34.5 Å². The van der Waals surface area contributed by atoms with Crippen LogP contribution >= 0.6 is 0 Å². The Hall–Kier alpha value is -8.42. The number of methoxy groups -OCH3 is 2. The fourth-order valence-electron chi connectivity index (χ4n) is 6.46. The third-order valence-electron chi connectivity index (χ3n) is 10.2. The highest BCUT2D eigenvalue weighted by Gasteiger charge is 2.24. The fraction of sp³-hybridized carbons (Fsp3) is 0.120. The maximum atomic E-state index is 12.5. The molecule has 0 aliphatic rings. The maximum Gasteiger partial charge on any atom is 0.300 e. The molecule has 0 radical (unpaired) electrons. The summed E-state index contributed by atoms with van der Waals surface area (Å²) in [6, 6.07) is 39.6. The third-order valence-corrected chi connectivity index (χ3v) is 12.9. The topological polar surface area (TPSA) is 230 Å². The summed E-state index contributed by atoms with van der Waals surface area (Å²) in [4.78, 5) is 29.2. The lowest BCUT2D eigenvalue weighted by molar-refractivity contribution is -0.594. The number of furan rings is 2. The Labute approximate surface area is 397 Å². The monoisotopic (exact) mass is 972 g/mol. The van der Waals surface area contributed by atoms with Crippen LogP contribution in [-0.2, 0) is 33.3 Å². The van der Waals surface area contributed by atoms with Crippen LogP contribution in [0.4, 0.5) is 0 Å². The summed E-state index contributed by atoms with van der Waals surface area (Å²) in [6.07, 6.45) is 3.00. The van der Waals surface area contributed by atoms with Gasteiger partial charge in [0.2, 0.25) is 11.9 Å². The Balaban J connectivity index is 0.000000204. The standard InChI is InChI=1S/C25H22N2O7S.C25H22N2O6S/c1-17-19(14-24(34-17)25(28)26-35(30,31)22-6-4-3-5-7-22)16-33-20-10-8-18(9-11-20)23-13-12-21(32-2)15-27(23)29;1-17-19(14-24(33-17)25(28)27-34(29,30)22-6-4-3-5-7-22)16-32-20-10-8-18(9-11-20)23-13-12-21(31-2)15-26-23/h3-15H,16H2,1-2H3,(H,26,28);3-15H,16H2,1-2H3,(H,27,28). The Morgan fingerprint density at radius 3 is 1.43 bits per heavy atom. The summed E-state index contributed by atoms with van der Waals surface area (Å²) >= 11 is 0. The van der Waals surface area contributed by atoms with Crippen molar-refractivity contribution >= 4 is 31.9 Å². The summed E-state index contributed by atoms with van der Waals surface area (Å²) < 4.78 is 86.9. The lowest BCUT2D eigenvalue weighted by Gasteiger charge is -2.08. The highest BCUT2D eigenvalue weighted by atomic mass is 32.2. The second-order valence-corrected chi connectivity index (χ2v) is 18.2. The van der Waals surface area contributed by atoms with Gasteiger partial charge in [-0.15, -0.1) is 0 Å². The number of benzene rings is 4. The number of rotatable bonds is 16. The molecule has 0 unspecified atom stereocenters. The van der Waals surface area contributed by atoms with Crippen molar-refractivity contribution in [3.05, 3.63) is 197 Å². The number of nitrogens with one attached hydrogen (secondary N) is 2. The Kier molecular flexibility index (Phi) is 15.1. The molecule has 0 bridgehead atoms. The van der Waals surface area contributed by atoms with Crippen molar-refractivity contribution in [1.82, 2.24) is 14.4 Å². The smallest absolute Gasteiger partial charge is 0.300 e. The predicted octanol–water partition coefficient (Wildman–Crippen LogP) is 7.95. The number of carbonyl (C=O) groups excluding carboxylic acids is 2. The first-order chi connectivity index (χ1) is 33.1. The van der Waals surface area contributed by atoms with Crippen molar-refractivity contribution in [2.45, 2.75) is 36.9 Å². The molecule has 19 heteroatoms. The predicted molar refractivity (Wildman–Crippen MR) is 251 cm³/mol. The number of pyridine rings is 2. The Bertz CT molecular complexity index is 3270. The second kappa shape index (κ2) is 21.5. The molecule has 8 rings (SSSR count). The molecule has 2 N–H and O–H groups in total. The molecule has 0 fully saturated rings. The van der Waals surface area contributed by atoms with Gasteiger partial charge in [0.25, 0.3) is 20.0 Å². The van der Waals surface area contributed by atoms with Crippen LogP contribution in [0.15, 0.2) is 177 Å². The molecule has 69 heavy (non-hydrogen) atoms. The van der Waals surface area contributed by atoms with E-state index in [9.17, 15) is 31.6 Å². The van der Waals surface area contributed by atoms with Crippen molar-refractivity contribution < 1.29 is 58.9 Å². The second-order valence-electron chi connectivity index (χ2n) is 14.9. The number of sulfonamides is 2. The van der Waals surface area contributed by atoms with E-state index < -0.39 is 31.9 Å². The summed E-state index contributed by atoms with van der Waals surface area (Å²) in [6.45, 7) is 3.58. The fourth-order valence-corrected chi connectivity index (χ4v) is 8.41. The van der Waals surface area contributed by atoms with E-state index in [4.69, 9.17) is 27.8 Å². The summed E-state index contributed by atoms with van der Waals surface area (Å²) in [5, 5.41) is 12.2. The van der Waals surface area contributed by atoms with Crippen LogP contribution in [0.25, 0.3) is 22.5 Å². The quantitative estimate of drug-likeness (QED) is 0.0692. The van der Waals surface area contributed by atoms with E-state index in [1.807, 2.05) is 45.8 Å². The molecular weight excluding hydrogens is 929 g/mol. The lowest BCUT2D eigenvalue weighted by atomic mass is 10.1. The SMILES string of the molecule is COc1ccc(-c2ccc(OCc3cc(C(=O)NS(=O)(=O)c4ccccc4)oc3C)cc2)[n+]([O-])c1.COc1ccc(-c2ccc(OCc3cc(C(=O)NS(=O)(=O)c4ccccc4)oc3C)cc2)nc1.